The first kappa shape index (κ1) is 16.2. The van der Waals surface area contributed by atoms with Crippen LogP contribution in [0.3, 0.4) is 0 Å². The average Bonchev–Trinajstić information content (AvgIpc) is 2.94. The van der Waals surface area contributed by atoms with E-state index in [1.165, 1.54) is 0 Å². The van der Waals surface area contributed by atoms with Crippen LogP contribution in [-0.2, 0) is 10.2 Å². The molecular weight excluding hydrogens is 306 g/mol. The van der Waals surface area contributed by atoms with Crippen molar-refractivity contribution in [3.63, 3.8) is 0 Å². The number of ether oxygens (including phenoxy) is 1. The van der Waals surface area contributed by atoms with Crippen LogP contribution in [0, 0.1) is 32.1 Å². The molecule has 1 aliphatic heterocycles. The maximum absolute atomic E-state index is 11.5. The maximum atomic E-state index is 11.5. The number of nitrogens with one attached hydrogen (secondary N) is 1. The number of aromatic amines is 1. The molecule has 0 radical (unpaired) electrons. The molecule has 1 saturated heterocycles. The molecule has 0 atom stereocenters. The molecule has 0 amide bonds. The summed E-state index contributed by atoms with van der Waals surface area (Å²) in [4.78, 5) is 19.2. The van der Waals surface area contributed by atoms with Gasteiger partial charge in [-0.3, -0.25) is 0 Å². The second-order valence-electron chi connectivity index (χ2n) is 6.63. The minimum atomic E-state index is -0.977. The van der Waals surface area contributed by atoms with E-state index in [1.54, 1.807) is 13.0 Å². The van der Waals surface area contributed by atoms with Gasteiger partial charge in [-0.1, -0.05) is 0 Å². The van der Waals surface area contributed by atoms with Gasteiger partial charge in [0, 0.05) is 5.56 Å². The largest absolute Gasteiger partial charge is 0.478 e. The summed E-state index contributed by atoms with van der Waals surface area (Å²) >= 11 is 0. The highest BCUT2D eigenvalue weighted by molar-refractivity contribution is 5.92. The lowest BCUT2D eigenvalue weighted by Crippen LogP contribution is -2.44. The van der Waals surface area contributed by atoms with Gasteiger partial charge in [-0.25, -0.2) is 9.78 Å². The van der Waals surface area contributed by atoms with E-state index >= 15 is 0 Å². The molecule has 1 aromatic heterocycles. The van der Waals surface area contributed by atoms with Crippen LogP contribution < -0.4 is 0 Å². The first-order chi connectivity index (χ1) is 11.3. The Morgan fingerprint density at radius 3 is 2.50 bits per heavy atom. The van der Waals surface area contributed by atoms with Gasteiger partial charge < -0.3 is 14.8 Å². The second-order valence-corrected chi connectivity index (χ2v) is 6.63. The minimum absolute atomic E-state index is 0.229. The van der Waals surface area contributed by atoms with E-state index in [1.807, 2.05) is 20.8 Å². The zero-order valence-corrected chi connectivity index (χ0v) is 14.1. The molecular formula is C18H19N3O3. The van der Waals surface area contributed by atoms with Crippen LogP contribution in [0.5, 0.6) is 0 Å². The Bertz CT molecular complexity index is 886. The van der Waals surface area contributed by atoms with E-state index in [-0.39, 0.29) is 16.7 Å². The Kier molecular flexibility index (Phi) is 3.69. The van der Waals surface area contributed by atoms with E-state index in [0.29, 0.717) is 30.3 Å². The van der Waals surface area contributed by atoms with Gasteiger partial charge in [0.2, 0.25) is 0 Å². The molecule has 1 fully saturated rings. The van der Waals surface area contributed by atoms with E-state index < -0.39 is 5.97 Å². The van der Waals surface area contributed by atoms with Crippen molar-refractivity contribution in [2.45, 2.75) is 33.1 Å². The zero-order valence-electron chi connectivity index (χ0n) is 14.1. The molecule has 0 saturated carbocycles. The highest BCUT2D eigenvalue weighted by atomic mass is 16.5. The Morgan fingerprint density at radius 2 is 2.00 bits per heavy atom. The molecule has 124 valence electrons. The smallest absolute Gasteiger partial charge is 0.335 e. The molecule has 0 spiro atoms. The van der Waals surface area contributed by atoms with Gasteiger partial charge in [0.25, 0.3) is 0 Å². The lowest BCUT2D eigenvalue weighted by molar-refractivity contribution is -0.0539. The number of carboxylic acids is 1. The van der Waals surface area contributed by atoms with Crippen molar-refractivity contribution in [1.29, 1.82) is 5.26 Å². The van der Waals surface area contributed by atoms with Crippen molar-refractivity contribution in [2.75, 3.05) is 13.2 Å². The summed E-state index contributed by atoms with van der Waals surface area (Å²) in [7, 11) is 0. The van der Waals surface area contributed by atoms with Crippen LogP contribution in [-0.4, -0.2) is 34.3 Å². The zero-order chi connectivity index (χ0) is 17.6. The Hall–Kier alpha value is -2.65. The van der Waals surface area contributed by atoms with Gasteiger partial charge in [-0.05, 0) is 50.5 Å². The van der Waals surface area contributed by atoms with Crippen molar-refractivity contribution in [1.82, 2.24) is 9.97 Å². The molecule has 1 aromatic carbocycles. The second kappa shape index (κ2) is 5.46. The van der Waals surface area contributed by atoms with Gasteiger partial charge in [-0.2, -0.15) is 5.26 Å². The van der Waals surface area contributed by atoms with E-state index in [2.05, 4.69) is 16.0 Å². The third-order valence-electron chi connectivity index (χ3n) is 4.94. The number of nitriles is 1. The summed E-state index contributed by atoms with van der Waals surface area (Å²) in [5.74, 6) is -0.274. The van der Waals surface area contributed by atoms with Crippen molar-refractivity contribution < 1.29 is 14.6 Å². The standard InChI is InChI=1S/C18H19N3O3/c1-9-10(2)12(5-13(11(9)3)16(22)23)15-14(6-19)20-17(21-15)18(4)7-24-8-18/h5H,7-8H2,1-4H3,(H,20,21)(H,22,23). The van der Waals surface area contributed by atoms with Gasteiger partial charge in [0.1, 0.15) is 11.9 Å². The van der Waals surface area contributed by atoms with Crippen LogP contribution in [0.25, 0.3) is 11.3 Å². The number of benzene rings is 1. The number of rotatable bonds is 3. The fourth-order valence-electron chi connectivity index (χ4n) is 3.01. The Morgan fingerprint density at radius 1 is 1.33 bits per heavy atom. The summed E-state index contributed by atoms with van der Waals surface area (Å²) < 4.78 is 5.27. The molecule has 2 aromatic rings. The van der Waals surface area contributed by atoms with Gasteiger partial charge >= 0.3 is 5.97 Å². The molecule has 0 aliphatic carbocycles. The summed E-state index contributed by atoms with van der Waals surface area (Å²) in [6.45, 7) is 8.75. The minimum Gasteiger partial charge on any atom is -0.478 e. The highest BCUT2D eigenvalue weighted by Gasteiger charge is 2.39. The van der Waals surface area contributed by atoms with Crippen LogP contribution in [0.4, 0.5) is 0 Å². The third-order valence-corrected chi connectivity index (χ3v) is 4.94. The Labute approximate surface area is 140 Å². The molecule has 2 N–H and O–H groups in total. The fraction of sp³-hybridized carbons (Fsp3) is 0.389. The molecule has 0 unspecified atom stereocenters. The maximum Gasteiger partial charge on any atom is 0.335 e. The van der Waals surface area contributed by atoms with Crippen LogP contribution in [0.1, 0.15) is 45.5 Å². The number of nitrogens with zero attached hydrogens (tertiary/aromatic N) is 2. The lowest BCUT2D eigenvalue weighted by atomic mass is 9.88. The number of hydrogen-bond acceptors (Lipinski definition) is 4. The summed E-state index contributed by atoms with van der Waals surface area (Å²) in [6, 6.07) is 3.74. The average molecular weight is 325 g/mol. The SMILES string of the molecule is Cc1c(C(=O)O)cc(-c2[nH]c(C3(C)COC3)nc2C#N)c(C)c1C. The normalized spacial score (nSPS) is 15.6. The predicted molar refractivity (Wildman–Crippen MR) is 88.1 cm³/mol. The van der Waals surface area contributed by atoms with E-state index in [4.69, 9.17) is 4.74 Å². The molecule has 1 aliphatic rings. The molecule has 3 rings (SSSR count). The Balaban J connectivity index is 2.23. The van der Waals surface area contributed by atoms with Crippen molar-refractivity contribution in [3.8, 4) is 17.3 Å². The van der Waals surface area contributed by atoms with Crippen LogP contribution in [0.2, 0.25) is 0 Å². The number of hydrogen-bond donors (Lipinski definition) is 2. The third kappa shape index (κ3) is 2.29. The lowest BCUT2D eigenvalue weighted by Gasteiger charge is -2.36. The highest BCUT2D eigenvalue weighted by Crippen LogP contribution is 2.35. The topological polar surface area (TPSA) is 99.0 Å². The number of imidazole rings is 1. The molecule has 24 heavy (non-hydrogen) atoms. The predicted octanol–water partition coefficient (Wildman–Crippen LogP) is 2.86. The van der Waals surface area contributed by atoms with Crippen LogP contribution in [0.15, 0.2) is 6.07 Å². The number of aromatic nitrogens is 2. The molecule has 0 bridgehead atoms. The van der Waals surface area contributed by atoms with Gasteiger partial charge in [-0.15, -0.1) is 0 Å². The number of carboxylic acid groups (broad SMARTS) is 1. The van der Waals surface area contributed by atoms with E-state index in [9.17, 15) is 15.2 Å². The van der Waals surface area contributed by atoms with Gasteiger partial charge in [0.15, 0.2) is 5.69 Å². The summed E-state index contributed by atoms with van der Waals surface area (Å²) in [6.07, 6.45) is 0. The van der Waals surface area contributed by atoms with Crippen molar-refractivity contribution in [3.05, 3.63) is 39.8 Å². The molecule has 2 heterocycles. The number of aromatic carboxylic acids is 1. The number of carbonyl (C=O) groups is 1. The first-order valence-electron chi connectivity index (χ1n) is 7.71. The molecule has 6 heteroatoms. The number of H-pyrrole nitrogens is 1. The van der Waals surface area contributed by atoms with Crippen LogP contribution >= 0.6 is 0 Å². The monoisotopic (exact) mass is 325 g/mol. The van der Waals surface area contributed by atoms with Crippen molar-refractivity contribution >= 4 is 5.97 Å². The summed E-state index contributed by atoms with van der Waals surface area (Å²) in [5, 5.41) is 18.9. The van der Waals surface area contributed by atoms with Gasteiger partial charge in [0.05, 0.1) is 29.9 Å². The summed E-state index contributed by atoms with van der Waals surface area (Å²) in [5.41, 5.74) is 4.15. The van der Waals surface area contributed by atoms with Crippen molar-refractivity contribution in [2.24, 2.45) is 0 Å². The quantitative estimate of drug-likeness (QED) is 0.904. The molecule has 6 nitrogen and oxygen atoms in total. The van der Waals surface area contributed by atoms with E-state index in [0.717, 1.165) is 16.7 Å². The first-order valence-corrected chi connectivity index (χ1v) is 7.71. The fourth-order valence-corrected chi connectivity index (χ4v) is 3.01.